The summed E-state index contributed by atoms with van der Waals surface area (Å²) in [5.74, 6) is -0.540. The third-order valence-corrected chi connectivity index (χ3v) is 5.82. The van der Waals surface area contributed by atoms with Crippen LogP contribution in [0.25, 0.3) is 0 Å². The van der Waals surface area contributed by atoms with Crippen molar-refractivity contribution in [2.75, 3.05) is 19.6 Å². The molecule has 3 fully saturated rings. The minimum absolute atomic E-state index is 0.434. The Morgan fingerprint density at radius 1 is 0.895 bits per heavy atom. The fourth-order valence-electron chi connectivity index (χ4n) is 4.73. The van der Waals surface area contributed by atoms with Crippen LogP contribution in [0.15, 0.2) is 0 Å². The highest BCUT2D eigenvalue weighted by Gasteiger charge is 2.48. The normalized spacial score (nSPS) is 29.9. The van der Waals surface area contributed by atoms with E-state index in [1.807, 2.05) is 0 Å². The van der Waals surface area contributed by atoms with Gasteiger partial charge in [0.15, 0.2) is 0 Å². The summed E-state index contributed by atoms with van der Waals surface area (Å²) >= 11 is 0. The third-order valence-electron chi connectivity index (χ3n) is 5.82. The number of carboxylic acid groups (broad SMARTS) is 1. The molecule has 1 heterocycles. The molecule has 0 aromatic heterocycles. The number of aliphatic carboxylic acids is 1. The predicted molar refractivity (Wildman–Crippen MR) is 75.1 cm³/mol. The number of nitrogens with zero attached hydrogens (tertiary/aromatic N) is 1. The molecule has 0 atom stereocenters. The van der Waals surface area contributed by atoms with Crippen molar-refractivity contribution in [3.05, 3.63) is 0 Å². The Labute approximate surface area is 116 Å². The Morgan fingerprint density at radius 2 is 1.42 bits per heavy atom. The molecule has 1 spiro atoms. The molecule has 2 aliphatic carbocycles. The first-order chi connectivity index (χ1) is 9.14. The van der Waals surface area contributed by atoms with E-state index < -0.39 is 11.4 Å². The highest BCUT2D eigenvalue weighted by Crippen LogP contribution is 2.47. The molecule has 3 rings (SSSR count). The second-order valence-corrected chi connectivity index (χ2v) is 7.35. The lowest BCUT2D eigenvalue weighted by molar-refractivity contribution is -0.154. The van der Waals surface area contributed by atoms with E-state index in [-0.39, 0.29) is 0 Å². The molecule has 0 radical (unpaired) electrons. The zero-order valence-corrected chi connectivity index (χ0v) is 12.0. The molecule has 1 saturated heterocycles. The summed E-state index contributed by atoms with van der Waals surface area (Å²) in [5, 5.41) is 9.71. The second-order valence-electron chi connectivity index (χ2n) is 7.35. The second kappa shape index (κ2) is 5.08. The van der Waals surface area contributed by atoms with E-state index in [4.69, 9.17) is 0 Å². The maximum absolute atomic E-state index is 11.8. The van der Waals surface area contributed by atoms with Crippen molar-refractivity contribution in [3.63, 3.8) is 0 Å². The van der Waals surface area contributed by atoms with Crippen molar-refractivity contribution in [2.45, 2.75) is 64.2 Å². The molecule has 0 bridgehead atoms. The summed E-state index contributed by atoms with van der Waals surface area (Å²) in [7, 11) is 0. The average Bonchev–Trinajstić information content (AvgIpc) is 2.69. The number of hydrogen-bond acceptors (Lipinski definition) is 2. The smallest absolute Gasteiger partial charge is 0.310 e. The molecule has 1 aliphatic heterocycles. The lowest BCUT2D eigenvalue weighted by Crippen LogP contribution is -2.58. The maximum atomic E-state index is 11.8. The lowest BCUT2D eigenvalue weighted by Gasteiger charge is -2.51. The Balaban J connectivity index is 1.61. The van der Waals surface area contributed by atoms with E-state index in [0.29, 0.717) is 5.41 Å². The van der Waals surface area contributed by atoms with Crippen LogP contribution in [0.2, 0.25) is 0 Å². The van der Waals surface area contributed by atoms with Gasteiger partial charge in [0.25, 0.3) is 0 Å². The van der Waals surface area contributed by atoms with Gasteiger partial charge in [0.1, 0.15) is 0 Å². The Morgan fingerprint density at radius 3 is 1.95 bits per heavy atom. The molecular weight excluding hydrogens is 238 g/mol. The minimum Gasteiger partial charge on any atom is -0.481 e. The van der Waals surface area contributed by atoms with Crippen molar-refractivity contribution in [1.29, 1.82) is 0 Å². The Bertz CT molecular complexity index is 331. The molecule has 0 aromatic carbocycles. The molecule has 3 nitrogen and oxygen atoms in total. The fourth-order valence-corrected chi connectivity index (χ4v) is 4.73. The van der Waals surface area contributed by atoms with Gasteiger partial charge in [0, 0.05) is 19.6 Å². The zero-order valence-electron chi connectivity index (χ0n) is 12.0. The van der Waals surface area contributed by atoms with Gasteiger partial charge in [0.05, 0.1) is 5.41 Å². The van der Waals surface area contributed by atoms with Crippen molar-refractivity contribution in [2.24, 2.45) is 10.8 Å². The van der Waals surface area contributed by atoms with Crippen LogP contribution in [0.4, 0.5) is 0 Å². The van der Waals surface area contributed by atoms with Gasteiger partial charge in [0.2, 0.25) is 0 Å². The molecule has 3 aliphatic rings. The summed E-state index contributed by atoms with van der Waals surface area (Å²) in [6.07, 6.45) is 12.0. The molecule has 0 aromatic rings. The van der Waals surface area contributed by atoms with E-state index in [1.165, 1.54) is 51.6 Å². The summed E-state index contributed by atoms with van der Waals surface area (Å²) < 4.78 is 0. The third kappa shape index (κ3) is 2.54. The first-order valence-corrected chi connectivity index (χ1v) is 8.10. The quantitative estimate of drug-likeness (QED) is 0.796. The van der Waals surface area contributed by atoms with Crippen LogP contribution >= 0.6 is 0 Å². The van der Waals surface area contributed by atoms with Crippen molar-refractivity contribution < 1.29 is 9.90 Å². The molecule has 1 N–H and O–H groups in total. The van der Waals surface area contributed by atoms with Crippen molar-refractivity contribution in [3.8, 4) is 0 Å². The number of likely N-dealkylation sites (tertiary alicyclic amines) is 1. The molecule has 3 heteroatoms. The Hall–Kier alpha value is -0.570. The van der Waals surface area contributed by atoms with Gasteiger partial charge in [-0.15, -0.1) is 0 Å². The summed E-state index contributed by atoms with van der Waals surface area (Å²) in [5.41, 5.74) is 0.154. The van der Waals surface area contributed by atoms with E-state index in [0.717, 1.165) is 32.2 Å². The maximum Gasteiger partial charge on any atom is 0.310 e. The van der Waals surface area contributed by atoms with Crippen LogP contribution in [0.3, 0.4) is 0 Å². The molecular formula is C16H27NO2. The van der Waals surface area contributed by atoms with Crippen LogP contribution in [-0.2, 0) is 4.79 Å². The number of rotatable bonds is 3. The van der Waals surface area contributed by atoms with Gasteiger partial charge in [-0.1, -0.05) is 38.5 Å². The number of carbonyl (C=O) groups is 1. The van der Waals surface area contributed by atoms with Gasteiger partial charge in [-0.2, -0.15) is 0 Å². The van der Waals surface area contributed by atoms with Gasteiger partial charge in [-0.05, 0) is 31.1 Å². The van der Waals surface area contributed by atoms with Crippen LogP contribution in [0.5, 0.6) is 0 Å². The average molecular weight is 265 g/mol. The van der Waals surface area contributed by atoms with Crippen molar-refractivity contribution >= 4 is 5.97 Å². The van der Waals surface area contributed by atoms with Crippen LogP contribution in [0, 0.1) is 10.8 Å². The summed E-state index contributed by atoms with van der Waals surface area (Å²) in [6, 6.07) is 0. The Kier molecular flexibility index (Phi) is 3.59. The van der Waals surface area contributed by atoms with Crippen LogP contribution in [-0.4, -0.2) is 35.6 Å². The topological polar surface area (TPSA) is 40.5 Å². The first-order valence-electron chi connectivity index (χ1n) is 8.10. The number of hydrogen-bond donors (Lipinski definition) is 1. The largest absolute Gasteiger partial charge is 0.481 e. The summed E-state index contributed by atoms with van der Waals surface area (Å²) in [6.45, 7) is 3.15. The standard InChI is InChI=1S/C16H27NO2/c18-14(19)16(9-3-1-2-4-10-16)13-17-11-15(12-17)7-5-6-8-15/h1-13H2,(H,18,19). The van der Waals surface area contributed by atoms with Crippen LogP contribution in [0.1, 0.15) is 64.2 Å². The monoisotopic (exact) mass is 265 g/mol. The fraction of sp³-hybridized carbons (Fsp3) is 0.938. The number of carboxylic acids is 1. The van der Waals surface area contributed by atoms with Crippen LogP contribution < -0.4 is 0 Å². The van der Waals surface area contributed by atoms with Gasteiger partial charge >= 0.3 is 5.97 Å². The zero-order chi connectivity index (χ0) is 13.3. The highest BCUT2D eigenvalue weighted by molar-refractivity contribution is 5.75. The van der Waals surface area contributed by atoms with E-state index in [9.17, 15) is 9.90 Å². The highest BCUT2D eigenvalue weighted by atomic mass is 16.4. The first kappa shape index (κ1) is 13.4. The van der Waals surface area contributed by atoms with E-state index >= 15 is 0 Å². The summed E-state index contributed by atoms with van der Waals surface area (Å²) in [4.78, 5) is 14.2. The van der Waals surface area contributed by atoms with E-state index in [1.54, 1.807) is 0 Å². The van der Waals surface area contributed by atoms with Gasteiger partial charge in [-0.3, -0.25) is 4.79 Å². The van der Waals surface area contributed by atoms with Gasteiger partial charge in [-0.25, -0.2) is 0 Å². The SMILES string of the molecule is O=C(O)C1(CN2CC3(CCCC3)C2)CCCCCC1. The lowest BCUT2D eigenvalue weighted by atomic mass is 9.74. The molecule has 0 amide bonds. The molecule has 2 saturated carbocycles. The van der Waals surface area contributed by atoms with Crippen molar-refractivity contribution in [1.82, 2.24) is 4.90 Å². The molecule has 0 unspecified atom stereocenters. The molecule has 108 valence electrons. The van der Waals surface area contributed by atoms with E-state index in [2.05, 4.69) is 4.90 Å². The molecule has 19 heavy (non-hydrogen) atoms. The minimum atomic E-state index is -0.540. The van der Waals surface area contributed by atoms with Gasteiger partial charge < -0.3 is 10.0 Å². The predicted octanol–water partition coefficient (Wildman–Crippen LogP) is 3.29.